The van der Waals surface area contributed by atoms with Gasteiger partial charge in [0.15, 0.2) is 5.60 Å². The fourth-order valence-corrected chi connectivity index (χ4v) is 2.39. The molecule has 1 aliphatic carbocycles. The number of benzene rings is 1. The molecule has 1 amide bonds. The van der Waals surface area contributed by atoms with Crippen molar-refractivity contribution in [2.75, 3.05) is 0 Å². The van der Waals surface area contributed by atoms with Gasteiger partial charge in [0.1, 0.15) is 6.04 Å². The van der Waals surface area contributed by atoms with Crippen LogP contribution in [0.3, 0.4) is 0 Å². The molecule has 0 aliphatic heterocycles. The number of rotatable bonds is 4. The van der Waals surface area contributed by atoms with Crippen molar-refractivity contribution in [3.63, 3.8) is 0 Å². The number of amides is 1. The van der Waals surface area contributed by atoms with E-state index in [-0.39, 0.29) is 19.3 Å². The van der Waals surface area contributed by atoms with Crippen molar-refractivity contribution >= 4 is 11.9 Å². The minimum absolute atomic E-state index is 0.227. The molecule has 102 valence electrons. The van der Waals surface area contributed by atoms with Crippen molar-refractivity contribution in [1.82, 2.24) is 5.32 Å². The highest BCUT2D eigenvalue weighted by molar-refractivity contribution is 5.90. The van der Waals surface area contributed by atoms with Crippen molar-refractivity contribution in [2.45, 2.75) is 37.8 Å². The van der Waals surface area contributed by atoms with Gasteiger partial charge >= 0.3 is 5.97 Å². The third-order valence-corrected chi connectivity index (χ3v) is 3.52. The van der Waals surface area contributed by atoms with Crippen LogP contribution in [-0.2, 0) is 22.4 Å². The monoisotopic (exact) mass is 263 g/mol. The lowest BCUT2D eigenvalue weighted by molar-refractivity contribution is -0.147. The first-order chi connectivity index (χ1) is 8.96. The summed E-state index contributed by atoms with van der Waals surface area (Å²) in [5.41, 5.74) is 0.332. The molecular weight excluding hydrogens is 246 g/mol. The summed E-state index contributed by atoms with van der Waals surface area (Å²) in [6, 6.07) is 6.49. The Balaban J connectivity index is 2.11. The van der Waals surface area contributed by atoms with Gasteiger partial charge in [0, 0.05) is 12.8 Å². The second-order valence-electron chi connectivity index (χ2n) is 4.93. The minimum atomic E-state index is -1.54. The standard InChI is InChI=1S/C14H17NO4/c1-2-11(12(16)17)15-13(18)14(19)7-9-5-3-4-6-10(9)8-14/h3-6,11,19H,2,7-8H2,1H3,(H,15,18)(H,16,17)/t11-/m0/s1. The Morgan fingerprint density at radius 1 is 1.32 bits per heavy atom. The highest BCUT2D eigenvalue weighted by Crippen LogP contribution is 2.30. The van der Waals surface area contributed by atoms with Crippen LogP contribution in [-0.4, -0.2) is 33.7 Å². The highest BCUT2D eigenvalue weighted by Gasteiger charge is 2.42. The van der Waals surface area contributed by atoms with Crippen LogP contribution in [0.25, 0.3) is 0 Å². The van der Waals surface area contributed by atoms with Crippen molar-refractivity contribution in [3.05, 3.63) is 35.4 Å². The molecule has 19 heavy (non-hydrogen) atoms. The van der Waals surface area contributed by atoms with E-state index in [1.165, 1.54) is 0 Å². The molecule has 0 heterocycles. The molecule has 5 heteroatoms. The Labute approximate surface area is 111 Å². The number of nitrogens with one attached hydrogen (secondary N) is 1. The Hall–Kier alpha value is -1.88. The lowest BCUT2D eigenvalue weighted by Gasteiger charge is -2.23. The Bertz CT molecular complexity index is 487. The summed E-state index contributed by atoms with van der Waals surface area (Å²) in [6.45, 7) is 1.67. The van der Waals surface area contributed by atoms with Crippen LogP contribution in [0.5, 0.6) is 0 Å². The van der Waals surface area contributed by atoms with Crippen molar-refractivity contribution in [2.24, 2.45) is 0 Å². The van der Waals surface area contributed by atoms with E-state index in [9.17, 15) is 14.7 Å². The van der Waals surface area contributed by atoms with Crippen LogP contribution in [0.1, 0.15) is 24.5 Å². The van der Waals surface area contributed by atoms with Gasteiger partial charge in [0.2, 0.25) is 0 Å². The fraction of sp³-hybridized carbons (Fsp3) is 0.429. The summed E-state index contributed by atoms with van der Waals surface area (Å²) in [4.78, 5) is 23.0. The average molecular weight is 263 g/mol. The predicted octanol–water partition coefficient (Wildman–Crippen LogP) is 0.496. The van der Waals surface area contributed by atoms with E-state index >= 15 is 0 Å². The van der Waals surface area contributed by atoms with E-state index in [1.54, 1.807) is 6.92 Å². The van der Waals surface area contributed by atoms with Crippen molar-refractivity contribution < 1.29 is 19.8 Å². The Kier molecular flexibility index (Phi) is 3.57. The van der Waals surface area contributed by atoms with Gasteiger partial charge in [-0.05, 0) is 17.5 Å². The molecule has 0 spiro atoms. The van der Waals surface area contributed by atoms with Gasteiger partial charge in [0.25, 0.3) is 5.91 Å². The maximum atomic E-state index is 12.1. The molecule has 1 aliphatic rings. The smallest absolute Gasteiger partial charge is 0.326 e. The molecule has 5 nitrogen and oxygen atoms in total. The molecule has 1 aromatic carbocycles. The number of aliphatic hydroxyl groups is 1. The zero-order valence-electron chi connectivity index (χ0n) is 10.7. The maximum Gasteiger partial charge on any atom is 0.326 e. The molecule has 0 radical (unpaired) electrons. The summed E-state index contributed by atoms with van der Waals surface area (Å²) in [6.07, 6.45) is 0.736. The molecule has 3 N–H and O–H groups in total. The molecule has 1 aromatic rings. The number of carbonyl (C=O) groups is 2. The topological polar surface area (TPSA) is 86.6 Å². The second-order valence-corrected chi connectivity index (χ2v) is 4.93. The third-order valence-electron chi connectivity index (χ3n) is 3.52. The summed E-state index contributed by atoms with van der Waals surface area (Å²) in [5.74, 6) is -1.70. The van der Waals surface area contributed by atoms with Gasteiger partial charge in [-0.1, -0.05) is 31.2 Å². The number of aliphatic carboxylic acids is 1. The van der Waals surface area contributed by atoms with Crippen LogP contribution in [0.4, 0.5) is 0 Å². The maximum absolute atomic E-state index is 12.1. The van der Waals surface area contributed by atoms with E-state index in [0.29, 0.717) is 0 Å². The lowest BCUT2D eigenvalue weighted by Crippen LogP contribution is -2.52. The van der Waals surface area contributed by atoms with Gasteiger partial charge in [-0.3, -0.25) is 4.79 Å². The predicted molar refractivity (Wildman–Crippen MR) is 68.7 cm³/mol. The van der Waals surface area contributed by atoms with Crippen LogP contribution in [0.2, 0.25) is 0 Å². The van der Waals surface area contributed by atoms with Crippen LogP contribution in [0, 0.1) is 0 Å². The number of hydrogen-bond donors (Lipinski definition) is 3. The average Bonchev–Trinajstić information content (AvgIpc) is 2.72. The van der Waals surface area contributed by atoms with Crippen molar-refractivity contribution in [3.8, 4) is 0 Å². The molecule has 1 atom stereocenters. The fourth-order valence-electron chi connectivity index (χ4n) is 2.39. The molecule has 0 saturated heterocycles. The minimum Gasteiger partial charge on any atom is -0.480 e. The van der Waals surface area contributed by atoms with E-state index in [1.807, 2.05) is 24.3 Å². The zero-order valence-corrected chi connectivity index (χ0v) is 10.7. The van der Waals surface area contributed by atoms with E-state index in [0.717, 1.165) is 11.1 Å². The Morgan fingerprint density at radius 3 is 2.26 bits per heavy atom. The number of hydrogen-bond acceptors (Lipinski definition) is 3. The summed E-state index contributed by atoms with van der Waals surface area (Å²) < 4.78 is 0. The van der Waals surface area contributed by atoms with Gasteiger partial charge in [0.05, 0.1) is 0 Å². The zero-order chi connectivity index (χ0) is 14.0. The molecule has 0 fully saturated rings. The summed E-state index contributed by atoms with van der Waals surface area (Å²) >= 11 is 0. The lowest BCUT2D eigenvalue weighted by atomic mass is 9.98. The van der Waals surface area contributed by atoms with Crippen LogP contribution >= 0.6 is 0 Å². The molecule has 0 bridgehead atoms. The van der Waals surface area contributed by atoms with E-state index in [2.05, 4.69) is 5.32 Å². The first-order valence-corrected chi connectivity index (χ1v) is 6.29. The van der Waals surface area contributed by atoms with Gasteiger partial charge in [-0.2, -0.15) is 0 Å². The number of carbonyl (C=O) groups excluding carboxylic acids is 1. The SMILES string of the molecule is CC[C@H](NC(=O)C1(O)Cc2ccccc2C1)C(=O)O. The first-order valence-electron chi connectivity index (χ1n) is 6.29. The molecule has 0 unspecified atom stereocenters. The number of carboxylic acids is 1. The normalized spacial score (nSPS) is 17.6. The third kappa shape index (κ3) is 2.61. The number of carboxylic acid groups (broad SMARTS) is 1. The van der Waals surface area contributed by atoms with Gasteiger partial charge in [-0.25, -0.2) is 4.79 Å². The molecular formula is C14H17NO4. The van der Waals surface area contributed by atoms with Crippen LogP contribution < -0.4 is 5.32 Å². The van der Waals surface area contributed by atoms with Crippen molar-refractivity contribution in [1.29, 1.82) is 0 Å². The molecule has 0 aromatic heterocycles. The highest BCUT2D eigenvalue weighted by atomic mass is 16.4. The molecule has 2 rings (SSSR count). The summed E-state index contributed by atoms with van der Waals surface area (Å²) in [5, 5.41) is 21.7. The molecule has 0 saturated carbocycles. The first kappa shape index (κ1) is 13.5. The second kappa shape index (κ2) is 5.01. The largest absolute Gasteiger partial charge is 0.480 e. The summed E-state index contributed by atoms with van der Waals surface area (Å²) in [7, 11) is 0. The van der Waals surface area contributed by atoms with E-state index in [4.69, 9.17) is 5.11 Å². The van der Waals surface area contributed by atoms with Crippen LogP contribution in [0.15, 0.2) is 24.3 Å². The quantitative estimate of drug-likeness (QED) is 0.738. The van der Waals surface area contributed by atoms with Gasteiger partial charge < -0.3 is 15.5 Å². The Morgan fingerprint density at radius 2 is 1.84 bits per heavy atom. The van der Waals surface area contributed by atoms with Gasteiger partial charge in [-0.15, -0.1) is 0 Å². The number of fused-ring (bicyclic) bond motifs is 1. The van der Waals surface area contributed by atoms with E-state index < -0.39 is 23.5 Å².